The Morgan fingerprint density at radius 3 is 0.918 bits per heavy atom. The molecule has 0 aliphatic rings. The first-order valence-corrected chi connectivity index (χ1v) is 21.8. The molecule has 4 rings (SSSR count). The molecule has 0 saturated heterocycles. The van der Waals surface area contributed by atoms with Crippen LogP contribution >= 0.6 is 14.4 Å². The van der Waals surface area contributed by atoms with Crippen LogP contribution < -0.4 is 23.0 Å². The van der Waals surface area contributed by atoms with Crippen LogP contribution in [0.15, 0.2) is 97.1 Å². The van der Waals surface area contributed by atoms with Crippen molar-refractivity contribution in [2.45, 2.75) is 105 Å². The quantitative estimate of drug-likeness (QED) is 0.103. The topological polar surface area (TPSA) is 66.0 Å². The van der Waals surface area contributed by atoms with Gasteiger partial charge in [-0.2, -0.15) is 0 Å². The summed E-state index contributed by atoms with van der Waals surface area (Å²) in [6.07, 6.45) is 4.04. The number of benzene rings is 4. The second-order valence-corrected chi connectivity index (χ2v) is 17.9. The van der Waals surface area contributed by atoms with Crippen molar-refractivity contribution in [1.82, 2.24) is 4.86 Å². The van der Waals surface area contributed by atoms with Crippen molar-refractivity contribution in [3.05, 3.63) is 119 Å². The Bertz CT molecular complexity index is 1450. The van der Waals surface area contributed by atoms with Crippen LogP contribution in [-0.2, 0) is 16.4 Å². The van der Waals surface area contributed by atoms with E-state index in [1.165, 1.54) is 11.1 Å². The van der Waals surface area contributed by atoms with Gasteiger partial charge in [0.2, 0.25) is 0 Å². The molecule has 0 amide bonds. The largest absolute Gasteiger partial charge is 0.522 e. The molecular weight excluding hydrogens is 668 g/mol. The van der Waals surface area contributed by atoms with Crippen molar-refractivity contribution < 1.29 is 22.7 Å². The van der Waals surface area contributed by atoms with Crippen LogP contribution in [0.2, 0.25) is 0 Å². The average Bonchev–Trinajstić information content (AvgIpc) is 3.11. The predicted octanol–water partition coefficient (Wildman–Crippen LogP) is 13.3. The zero-order valence-electron chi connectivity index (χ0n) is 30.2. The molecule has 0 aromatic heterocycles. The van der Waals surface area contributed by atoms with Crippen molar-refractivity contribution in [2.24, 2.45) is 0 Å². The van der Waals surface area contributed by atoms with Crippen LogP contribution in [0.3, 0.4) is 0 Å². The monoisotopic (exact) mass is 721 g/mol. The number of rotatable bonds is 18. The molecular formula is C40H53NO5P2S. The van der Waals surface area contributed by atoms with Crippen molar-refractivity contribution >= 4 is 26.2 Å². The summed E-state index contributed by atoms with van der Waals surface area (Å²) in [7, 11) is -4.27. The van der Waals surface area contributed by atoms with E-state index >= 15 is 0 Å². The van der Waals surface area contributed by atoms with E-state index in [-0.39, 0.29) is 0 Å². The zero-order chi connectivity index (χ0) is 35.6. The fourth-order valence-corrected chi connectivity index (χ4v) is 10.1. The highest BCUT2D eigenvalue weighted by atomic mass is 32.5. The van der Waals surface area contributed by atoms with Crippen molar-refractivity contribution in [2.75, 3.05) is 0 Å². The lowest BCUT2D eigenvalue weighted by atomic mass is 9.99. The molecule has 0 aliphatic carbocycles. The fourth-order valence-electron chi connectivity index (χ4n) is 5.20. The Hall–Kier alpha value is -3.08. The van der Waals surface area contributed by atoms with Crippen molar-refractivity contribution in [1.29, 1.82) is 0 Å². The predicted molar refractivity (Wildman–Crippen MR) is 208 cm³/mol. The Balaban J connectivity index is 1.73. The number of nitrogens with one attached hydrogen (secondary N) is 1. The summed E-state index contributed by atoms with van der Waals surface area (Å²) in [6.45, 7) is 13.7. The van der Waals surface area contributed by atoms with Gasteiger partial charge in [0, 0.05) is 11.8 Å². The lowest BCUT2D eigenvalue weighted by molar-refractivity contribution is 0.375. The lowest BCUT2D eigenvalue weighted by Gasteiger charge is -2.28. The Kier molecular flexibility index (Phi) is 14.0. The summed E-state index contributed by atoms with van der Waals surface area (Å²) in [4.78, 5) is 2.99. The third-order valence-corrected chi connectivity index (χ3v) is 14.3. The van der Waals surface area contributed by atoms with Crippen LogP contribution in [0.25, 0.3) is 0 Å². The van der Waals surface area contributed by atoms with Gasteiger partial charge in [-0.3, -0.25) is 0 Å². The first kappa shape index (κ1) is 38.7. The first-order valence-electron chi connectivity index (χ1n) is 17.6. The standard InChI is InChI=1S/C40H53NO5P2S/c1-9-29(5)33-13-21-37(22-14-33)43-47(42,44-38-23-15-34(16-24-38)30(6)10-2)41-48(49,45-39-25-17-35(18-26-39)31(7)11-3)46-40-27-19-36(20-28-40)32(8)12-4/h13-32H,9-12H2,1-8H3,(H,41,42,49). The van der Waals surface area contributed by atoms with Gasteiger partial charge in [-0.1, -0.05) is 104 Å². The van der Waals surface area contributed by atoms with E-state index in [0.29, 0.717) is 46.7 Å². The molecule has 4 unspecified atom stereocenters. The second kappa shape index (κ2) is 17.7. The Morgan fingerprint density at radius 1 is 0.469 bits per heavy atom. The van der Waals surface area contributed by atoms with E-state index in [0.717, 1.165) is 36.8 Å². The summed E-state index contributed by atoms with van der Waals surface area (Å²) in [5, 5.41) is 0. The molecule has 264 valence electrons. The van der Waals surface area contributed by atoms with Crippen LogP contribution in [0.1, 0.15) is 127 Å². The molecule has 0 aliphatic heterocycles. The van der Waals surface area contributed by atoms with Crippen molar-refractivity contribution in [3.63, 3.8) is 0 Å². The minimum Gasteiger partial charge on any atom is -0.424 e. The maximum Gasteiger partial charge on any atom is 0.522 e. The minimum absolute atomic E-state index is 0.372. The van der Waals surface area contributed by atoms with E-state index in [4.69, 9.17) is 29.9 Å². The summed E-state index contributed by atoms with van der Waals surface area (Å²) in [5.41, 5.74) is 4.71. The molecule has 0 saturated carbocycles. The Labute approximate surface area is 299 Å². The molecule has 4 aromatic carbocycles. The van der Waals surface area contributed by atoms with Crippen LogP contribution in [0.4, 0.5) is 0 Å². The molecule has 0 bridgehead atoms. The van der Waals surface area contributed by atoms with Gasteiger partial charge in [0.1, 0.15) is 23.0 Å². The molecule has 1 N–H and O–H groups in total. The van der Waals surface area contributed by atoms with Crippen LogP contribution in [-0.4, -0.2) is 0 Å². The maximum absolute atomic E-state index is 14.9. The van der Waals surface area contributed by atoms with Gasteiger partial charge in [0.05, 0.1) is 0 Å². The van der Waals surface area contributed by atoms with Gasteiger partial charge in [-0.25, -0.2) is 4.57 Å². The first-order chi connectivity index (χ1) is 23.4. The van der Waals surface area contributed by atoms with E-state index in [2.05, 4.69) is 60.2 Å². The van der Waals surface area contributed by atoms with Crippen LogP contribution in [0, 0.1) is 0 Å². The number of hydrogen-bond acceptors (Lipinski definition) is 6. The van der Waals surface area contributed by atoms with Crippen LogP contribution in [0.5, 0.6) is 23.0 Å². The van der Waals surface area contributed by atoms with Gasteiger partial charge in [0.15, 0.2) is 0 Å². The van der Waals surface area contributed by atoms with Gasteiger partial charge in [-0.15, -0.1) is 4.86 Å². The van der Waals surface area contributed by atoms with E-state index < -0.39 is 14.4 Å². The molecule has 0 spiro atoms. The maximum atomic E-state index is 14.9. The summed E-state index contributed by atoms with van der Waals surface area (Å²) >= 11 is 6.13. The Morgan fingerprint density at radius 2 is 0.694 bits per heavy atom. The second-order valence-electron chi connectivity index (χ2n) is 13.0. The smallest absolute Gasteiger partial charge is 0.424 e. The zero-order valence-corrected chi connectivity index (χ0v) is 32.8. The number of hydrogen-bond donors (Lipinski definition) is 1. The van der Waals surface area contributed by atoms with Gasteiger partial charge in [0.25, 0.3) is 0 Å². The summed E-state index contributed by atoms with van der Waals surface area (Å²) < 4.78 is 40.2. The summed E-state index contributed by atoms with van der Waals surface area (Å²) in [5.74, 6) is 3.28. The highest BCUT2D eigenvalue weighted by Crippen LogP contribution is 2.57. The van der Waals surface area contributed by atoms with Gasteiger partial charge < -0.3 is 18.1 Å². The molecule has 0 radical (unpaired) electrons. The fraction of sp³-hybridized carbons (Fsp3) is 0.400. The lowest BCUT2D eigenvalue weighted by Crippen LogP contribution is -2.22. The molecule has 4 atom stereocenters. The van der Waals surface area contributed by atoms with E-state index in [9.17, 15) is 4.57 Å². The van der Waals surface area contributed by atoms with Gasteiger partial charge in [-0.05, 0) is 120 Å². The minimum atomic E-state index is -4.27. The third kappa shape index (κ3) is 11.0. The SMILES string of the molecule is CCC(C)c1ccc(OP(=O)(NP(=S)(Oc2ccc(C(C)CC)cc2)Oc2ccc(C(C)CC)cc2)Oc2ccc(C(C)CC)cc2)cc1. The van der Waals surface area contributed by atoms with E-state index in [1.54, 1.807) is 24.3 Å². The molecule has 9 heteroatoms. The molecule has 0 heterocycles. The summed E-state index contributed by atoms with van der Waals surface area (Å²) in [6, 6.07) is 30.7. The normalized spacial score (nSPS) is 16.3. The molecule has 6 nitrogen and oxygen atoms in total. The van der Waals surface area contributed by atoms with Gasteiger partial charge >= 0.3 is 14.4 Å². The highest BCUT2D eigenvalue weighted by Gasteiger charge is 2.40. The average molecular weight is 722 g/mol. The van der Waals surface area contributed by atoms with E-state index in [1.807, 2.05) is 72.8 Å². The molecule has 49 heavy (non-hydrogen) atoms. The third-order valence-electron chi connectivity index (χ3n) is 9.39. The van der Waals surface area contributed by atoms with Crippen molar-refractivity contribution in [3.8, 4) is 23.0 Å². The molecule has 4 aromatic rings. The highest BCUT2D eigenvalue weighted by molar-refractivity contribution is 8.11. The molecule has 0 fully saturated rings.